The molecule has 0 aliphatic carbocycles. The lowest BCUT2D eigenvalue weighted by atomic mass is 10.0. The van der Waals surface area contributed by atoms with Gasteiger partial charge in [0.05, 0.1) is 28.9 Å². The molecular formula is C33H26O21. The van der Waals surface area contributed by atoms with Gasteiger partial charge in [0.2, 0.25) is 12.4 Å². The van der Waals surface area contributed by atoms with Crippen LogP contribution in [0.15, 0.2) is 48.5 Å². The second kappa shape index (κ2) is 14.5. The van der Waals surface area contributed by atoms with E-state index in [9.17, 15) is 80.5 Å². The molecule has 0 aromatic heterocycles. The highest BCUT2D eigenvalue weighted by Crippen LogP contribution is 2.40. The highest BCUT2D eigenvalue weighted by molar-refractivity contribution is 5.94. The standard InChI is InChI=1S/C33H26O21/c34-14-1-10(2-15(35)23(14)42)29(46)51-22-9-50-33(54-32(49)13-7-20(40)26(45)21(41)8-13)28(53-31(48)12-5-18(38)25(44)19(39)6-12)27(22)52-30(47)11-3-16(36)24(43)17(37)4-11/h1-8,22,27-28,33-45H,9H2/t22-,27-,28-,33-/m1/s1. The van der Waals surface area contributed by atoms with E-state index in [0.29, 0.717) is 48.5 Å². The van der Waals surface area contributed by atoms with Crippen LogP contribution in [0.3, 0.4) is 0 Å². The molecule has 0 radical (unpaired) electrons. The van der Waals surface area contributed by atoms with Crippen LogP contribution in [-0.4, -0.2) is 116 Å². The summed E-state index contributed by atoms with van der Waals surface area (Å²) in [5.74, 6) is -17.9. The highest BCUT2D eigenvalue weighted by atomic mass is 16.7. The first-order valence-corrected chi connectivity index (χ1v) is 14.8. The summed E-state index contributed by atoms with van der Waals surface area (Å²) in [5.41, 5.74) is -2.59. The Morgan fingerprint density at radius 2 is 0.667 bits per heavy atom. The number of phenols is 12. The minimum atomic E-state index is -2.25. The van der Waals surface area contributed by atoms with E-state index >= 15 is 0 Å². The van der Waals surface area contributed by atoms with E-state index in [1.165, 1.54) is 0 Å². The second-order valence-corrected chi connectivity index (χ2v) is 11.2. The lowest BCUT2D eigenvalue weighted by Gasteiger charge is -2.40. The molecule has 1 saturated heterocycles. The van der Waals surface area contributed by atoms with Gasteiger partial charge in [0.1, 0.15) is 0 Å². The van der Waals surface area contributed by atoms with E-state index in [4.69, 9.17) is 23.7 Å². The molecule has 54 heavy (non-hydrogen) atoms. The smallest absolute Gasteiger partial charge is 0.340 e. The first-order valence-electron chi connectivity index (χ1n) is 14.8. The van der Waals surface area contributed by atoms with E-state index in [1.807, 2.05) is 0 Å². The molecular weight excluding hydrogens is 732 g/mol. The molecule has 284 valence electrons. The van der Waals surface area contributed by atoms with Crippen molar-refractivity contribution in [3.05, 3.63) is 70.8 Å². The fourth-order valence-corrected chi connectivity index (χ4v) is 4.86. The van der Waals surface area contributed by atoms with Gasteiger partial charge in [-0.2, -0.15) is 0 Å². The van der Waals surface area contributed by atoms with Gasteiger partial charge in [0.25, 0.3) is 0 Å². The summed E-state index contributed by atoms with van der Waals surface area (Å²) < 4.78 is 27.1. The Morgan fingerprint density at radius 1 is 0.407 bits per heavy atom. The van der Waals surface area contributed by atoms with Crippen molar-refractivity contribution in [3.63, 3.8) is 0 Å². The van der Waals surface area contributed by atoms with Gasteiger partial charge in [0.15, 0.2) is 81.2 Å². The van der Waals surface area contributed by atoms with Crippen molar-refractivity contribution in [1.82, 2.24) is 0 Å². The van der Waals surface area contributed by atoms with Gasteiger partial charge in [-0.15, -0.1) is 0 Å². The molecule has 0 saturated carbocycles. The molecule has 4 aromatic carbocycles. The predicted octanol–water partition coefficient (Wildman–Crippen LogP) is 1.34. The summed E-state index contributed by atoms with van der Waals surface area (Å²) >= 11 is 0. The molecule has 1 fully saturated rings. The van der Waals surface area contributed by atoms with Crippen molar-refractivity contribution in [2.45, 2.75) is 24.6 Å². The summed E-state index contributed by atoms with van der Waals surface area (Å²) in [6.07, 6.45) is -8.50. The predicted molar refractivity (Wildman–Crippen MR) is 169 cm³/mol. The van der Waals surface area contributed by atoms with E-state index < -0.39 is 146 Å². The van der Waals surface area contributed by atoms with Gasteiger partial charge in [-0.05, 0) is 48.5 Å². The van der Waals surface area contributed by atoms with Crippen LogP contribution in [0.1, 0.15) is 41.4 Å². The molecule has 0 amide bonds. The number of benzene rings is 4. The Labute approximate surface area is 299 Å². The van der Waals surface area contributed by atoms with E-state index in [1.54, 1.807) is 0 Å². The lowest BCUT2D eigenvalue weighted by molar-refractivity contribution is -0.250. The average molecular weight is 759 g/mol. The van der Waals surface area contributed by atoms with Gasteiger partial charge in [0, 0.05) is 0 Å². The minimum Gasteiger partial charge on any atom is -0.504 e. The third-order valence-corrected chi connectivity index (χ3v) is 7.57. The number of hydrogen-bond acceptors (Lipinski definition) is 21. The number of carbonyl (C=O) groups is 4. The van der Waals surface area contributed by atoms with Crippen molar-refractivity contribution < 1.29 is 104 Å². The van der Waals surface area contributed by atoms with Crippen LogP contribution >= 0.6 is 0 Å². The largest absolute Gasteiger partial charge is 0.504 e. The first kappa shape index (κ1) is 37.6. The first-order chi connectivity index (χ1) is 25.4. The molecule has 0 spiro atoms. The summed E-state index contributed by atoms with van der Waals surface area (Å²) in [4.78, 5) is 53.2. The van der Waals surface area contributed by atoms with E-state index in [2.05, 4.69) is 0 Å². The van der Waals surface area contributed by atoms with Crippen molar-refractivity contribution in [3.8, 4) is 69.0 Å². The molecule has 21 heteroatoms. The number of rotatable bonds is 8. The number of hydrogen-bond donors (Lipinski definition) is 12. The van der Waals surface area contributed by atoms with Gasteiger partial charge in [-0.25, -0.2) is 19.2 Å². The maximum Gasteiger partial charge on any atom is 0.340 e. The summed E-state index contributed by atoms with van der Waals surface area (Å²) in [6.45, 7) is -0.898. The highest BCUT2D eigenvalue weighted by Gasteiger charge is 2.50. The Bertz CT molecular complexity index is 1930. The van der Waals surface area contributed by atoms with Crippen LogP contribution < -0.4 is 0 Å². The van der Waals surface area contributed by atoms with E-state index in [-0.39, 0.29) is 0 Å². The zero-order valence-electron chi connectivity index (χ0n) is 26.7. The number of phenolic OH excluding ortho intramolecular Hbond substituents is 12. The van der Waals surface area contributed by atoms with Crippen molar-refractivity contribution >= 4 is 23.9 Å². The second-order valence-electron chi connectivity index (χ2n) is 11.2. The number of esters is 4. The minimum absolute atomic E-state index is 0.606. The Hall–Kier alpha value is -7.68. The third kappa shape index (κ3) is 7.50. The van der Waals surface area contributed by atoms with Crippen LogP contribution in [0.2, 0.25) is 0 Å². The maximum atomic E-state index is 13.4. The van der Waals surface area contributed by atoms with Crippen LogP contribution in [-0.2, 0) is 23.7 Å². The van der Waals surface area contributed by atoms with Gasteiger partial charge in [-0.3, -0.25) is 0 Å². The molecule has 21 nitrogen and oxygen atoms in total. The van der Waals surface area contributed by atoms with Crippen molar-refractivity contribution in [1.29, 1.82) is 0 Å². The topological polar surface area (TPSA) is 357 Å². The zero-order valence-corrected chi connectivity index (χ0v) is 26.7. The van der Waals surface area contributed by atoms with Crippen LogP contribution in [0, 0.1) is 0 Å². The van der Waals surface area contributed by atoms with Crippen LogP contribution in [0.25, 0.3) is 0 Å². The molecule has 0 bridgehead atoms. The van der Waals surface area contributed by atoms with E-state index in [0.717, 1.165) is 0 Å². The SMILES string of the molecule is O=C(O[C@H]1OC[C@@H](OC(=O)c2cc(O)c(O)c(O)c2)[C@@H](OC(=O)c2cc(O)c(O)c(O)c2)[C@H]1OC(=O)c1cc(O)c(O)c(O)c1)c1cc(O)c(O)c(O)c1. The van der Waals surface area contributed by atoms with Gasteiger partial charge >= 0.3 is 23.9 Å². The van der Waals surface area contributed by atoms with Crippen molar-refractivity contribution in [2.24, 2.45) is 0 Å². The monoisotopic (exact) mass is 758 g/mol. The third-order valence-electron chi connectivity index (χ3n) is 7.57. The quantitative estimate of drug-likeness (QED) is 0.0685. The molecule has 0 unspecified atom stereocenters. The zero-order chi connectivity index (χ0) is 39.8. The van der Waals surface area contributed by atoms with Crippen LogP contribution in [0.4, 0.5) is 0 Å². The maximum absolute atomic E-state index is 13.4. The molecule has 1 aliphatic heterocycles. The van der Waals surface area contributed by atoms with Gasteiger partial charge in [-0.1, -0.05) is 0 Å². The molecule has 4 aromatic rings. The molecule has 12 N–H and O–H groups in total. The number of ether oxygens (including phenoxy) is 5. The lowest BCUT2D eigenvalue weighted by Crippen LogP contribution is -2.58. The average Bonchev–Trinajstić information content (AvgIpc) is 3.11. The summed E-state index contributed by atoms with van der Waals surface area (Å²) in [6, 6.07) is 5.13. The fraction of sp³-hybridized carbons (Fsp3) is 0.152. The van der Waals surface area contributed by atoms with Gasteiger partial charge < -0.3 is 85.0 Å². The number of aromatic hydroxyl groups is 12. The molecule has 1 aliphatic rings. The molecule has 5 rings (SSSR count). The molecule has 1 heterocycles. The molecule has 4 atom stereocenters. The Balaban J connectivity index is 1.58. The Kier molecular flexibility index (Phi) is 10.1. The Morgan fingerprint density at radius 3 is 0.981 bits per heavy atom. The van der Waals surface area contributed by atoms with Crippen LogP contribution in [0.5, 0.6) is 69.0 Å². The number of carbonyl (C=O) groups excluding carboxylic acids is 4. The summed E-state index contributed by atoms with van der Waals surface area (Å²) in [5, 5.41) is 118. The normalized spacial score (nSPS) is 17.9. The fourth-order valence-electron chi connectivity index (χ4n) is 4.86. The van der Waals surface area contributed by atoms with Crippen molar-refractivity contribution in [2.75, 3.05) is 6.61 Å². The summed E-state index contributed by atoms with van der Waals surface area (Å²) in [7, 11) is 0.